The maximum Gasteiger partial charge on any atom is 0.330 e. The zero-order valence-electron chi connectivity index (χ0n) is 19.5. The highest BCUT2D eigenvalue weighted by Crippen LogP contribution is 2.55. The first-order chi connectivity index (χ1) is 17.4. The van der Waals surface area contributed by atoms with Gasteiger partial charge in [-0.3, -0.25) is 4.79 Å². The van der Waals surface area contributed by atoms with E-state index in [1.807, 2.05) is 0 Å². The summed E-state index contributed by atoms with van der Waals surface area (Å²) in [5.41, 5.74) is -2.07. The molecule has 2 saturated carbocycles. The number of esters is 1. The highest BCUT2D eigenvalue weighted by molar-refractivity contribution is 7.92. The van der Waals surface area contributed by atoms with E-state index in [1.165, 1.54) is 18.2 Å². The van der Waals surface area contributed by atoms with Crippen LogP contribution in [-0.2, 0) is 19.4 Å². The van der Waals surface area contributed by atoms with E-state index >= 15 is 0 Å². The summed E-state index contributed by atoms with van der Waals surface area (Å²) >= 11 is 6.22. The van der Waals surface area contributed by atoms with Gasteiger partial charge in [-0.05, 0) is 56.4 Å². The van der Waals surface area contributed by atoms with Crippen molar-refractivity contribution in [1.82, 2.24) is 0 Å². The molecular formula is C25H23ClF3NO6S. The number of carbonyl (C=O) groups excluding carboxylic acids is 2. The lowest BCUT2D eigenvalue weighted by atomic mass is 9.84. The van der Waals surface area contributed by atoms with Crippen LogP contribution in [0, 0.1) is 29.3 Å². The van der Waals surface area contributed by atoms with Gasteiger partial charge in [-0.15, -0.1) is 0 Å². The molecule has 2 N–H and O–H groups in total. The van der Waals surface area contributed by atoms with Crippen molar-refractivity contribution in [3.05, 3.63) is 70.5 Å². The molecule has 0 saturated heterocycles. The van der Waals surface area contributed by atoms with E-state index < -0.39 is 61.9 Å². The fourth-order valence-electron chi connectivity index (χ4n) is 5.28. The summed E-state index contributed by atoms with van der Waals surface area (Å²) in [5.74, 6) is -7.38. The third-order valence-corrected chi connectivity index (χ3v) is 9.66. The second-order valence-corrected chi connectivity index (χ2v) is 11.6. The van der Waals surface area contributed by atoms with E-state index in [1.54, 1.807) is 6.92 Å². The number of sulfone groups is 1. The average Bonchev–Trinajstić information content (AvgIpc) is 3.38. The van der Waals surface area contributed by atoms with Crippen LogP contribution in [0.1, 0.15) is 36.5 Å². The van der Waals surface area contributed by atoms with Crippen molar-refractivity contribution in [1.29, 1.82) is 0 Å². The first-order valence-corrected chi connectivity index (χ1v) is 13.4. The van der Waals surface area contributed by atoms with Gasteiger partial charge >= 0.3 is 5.97 Å². The van der Waals surface area contributed by atoms with Crippen LogP contribution in [0.25, 0.3) is 0 Å². The van der Waals surface area contributed by atoms with Gasteiger partial charge in [0.15, 0.2) is 27.3 Å². The summed E-state index contributed by atoms with van der Waals surface area (Å²) in [6.45, 7) is 1.78. The number of amides is 1. The summed E-state index contributed by atoms with van der Waals surface area (Å²) < 4.78 is 72.5. The predicted molar refractivity (Wildman–Crippen MR) is 128 cm³/mol. The zero-order valence-corrected chi connectivity index (χ0v) is 21.1. The molecule has 198 valence electrons. The van der Waals surface area contributed by atoms with Gasteiger partial charge in [-0.1, -0.05) is 11.6 Å². The van der Waals surface area contributed by atoms with Gasteiger partial charge in [0.05, 0.1) is 27.4 Å². The molecule has 2 aliphatic rings. The van der Waals surface area contributed by atoms with Gasteiger partial charge < -0.3 is 15.2 Å². The number of carbonyl (C=O) groups is 2. The van der Waals surface area contributed by atoms with Crippen LogP contribution in [0.2, 0.25) is 5.02 Å². The van der Waals surface area contributed by atoms with E-state index in [-0.39, 0.29) is 34.2 Å². The first-order valence-electron chi connectivity index (χ1n) is 11.4. The number of hydrogen-bond donors (Lipinski definition) is 2. The summed E-state index contributed by atoms with van der Waals surface area (Å²) in [5, 5.41) is 12.2. The molecule has 2 aromatic rings. The fraction of sp³-hybridized carbons (Fsp3) is 0.360. The zero-order chi connectivity index (χ0) is 27.1. The molecule has 4 atom stereocenters. The minimum atomic E-state index is -4.16. The molecule has 12 heteroatoms. The quantitative estimate of drug-likeness (QED) is 0.296. The van der Waals surface area contributed by atoms with Crippen molar-refractivity contribution in [2.24, 2.45) is 11.8 Å². The molecule has 1 amide bonds. The van der Waals surface area contributed by atoms with E-state index in [9.17, 15) is 36.3 Å². The van der Waals surface area contributed by atoms with Crippen LogP contribution in [0.3, 0.4) is 0 Å². The van der Waals surface area contributed by atoms with Crippen LogP contribution in [0.15, 0.2) is 47.4 Å². The first kappa shape index (κ1) is 27.2. The average molecular weight is 558 g/mol. The smallest absolute Gasteiger partial charge is 0.330 e. The highest BCUT2D eigenvalue weighted by atomic mass is 35.5. The Balaban J connectivity index is 1.61. The normalized spacial score (nSPS) is 25.0. The van der Waals surface area contributed by atoms with Crippen LogP contribution in [0.5, 0.6) is 0 Å². The predicted octanol–water partition coefficient (Wildman–Crippen LogP) is 4.43. The molecule has 2 aliphatic carbocycles. The third-order valence-electron chi connectivity index (χ3n) is 6.84. The number of benzene rings is 2. The monoisotopic (exact) mass is 557 g/mol. The molecule has 2 unspecified atom stereocenters. The minimum absolute atomic E-state index is 0.122. The van der Waals surface area contributed by atoms with E-state index in [4.69, 9.17) is 16.3 Å². The molecule has 4 rings (SSSR count). The van der Waals surface area contributed by atoms with Gasteiger partial charge in [0.2, 0.25) is 0 Å². The van der Waals surface area contributed by atoms with Crippen molar-refractivity contribution in [3.63, 3.8) is 0 Å². The largest absolute Gasteiger partial charge is 0.463 e. The molecule has 0 aromatic heterocycles. The molecule has 2 fully saturated rings. The topological polar surface area (TPSA) is 110 Å². The lowest BCUT2D eigenvalue weighted by Gasteiger charge is -2.29. The van der Waals surface area contributed by atoms with Gasteiger partial charge in [0.25, 0.3) is 5.91 Å². The van der Waals surface area contributed by atoms with Crippen LogP contribution >= 0.6 is 11.6 Å². The Kier molecular flexibility index (Phi) is 7.42. The number of anilines is 1. The molecule has 37 heavy (non-hydrogen) atoms. The Morgan fingerprint density at radius 1 is 1.19 bits per heavy atom. The van der Waals surface area contributed by atoms with Crippen molar-refractivity contribution in [2.45, 2.75) is 41.9 Å². The van der Waals surface area contributed by atoms with Crippen molar-refractivity contribution in [2.75, 3.05) is 11.9 Å². The summed E-state index contributed by atoms with van der Waals surface area (Å²) in [6.07, 6.45) is 3.44. The maximum absolute atomic E-state index is 13.7. The van der Waals surface area contributed by atoms with Crippen LogP contribution in [0.4, 0.5) is 18.9 Å². The Hall–Kier alpha value is -2.89. The molecule has 2 aromatic carbocycles. The number of rotatable bonds is 7. The Morgan fingerprint density at radius 2 is 1.86 bits per heavy atom. The van der Waals surface area contributed by atoms with E-state index in [2.05, 4.69) is 5.32 Å². The second-order valence-electron chi connectivity index (χ2n) is 9.09. The highest BCUT2D eigenvalue weighted by Gasteiger charge is 2.60. The maximum atomic E-state index is 13.7. The van der Waals surface area contributed by atoms with E-state index in [0.29, 0.717) is 25.0 Å². The van der Waals surface area contributed by atoms with Gasteiger partial charge in [-0.25, -0.2) is 26.4 Å². The van der Waals surface area contributed by atoms with Gasteiger partial charge in [0, 0.05) is 35.4 Å². The molecule has 2 bridgehead atoms. The van der Waals surface area contributed by atoms with Crippen molar-refractivity contribution in [3.8, 4) is 0 Å². The number of hydrogen-bond acceptors (Lipinski definition) is 6. The number of halogens is 4. The second kappa shape index (κ2) is 10.1. The molecule has 0 spiro atoms. The van der Waals surface area contributed by atoms with Crippen LogP contribution in [-0.4, -0.2) is 42.9 Å². The third kappa shape index (κ3) is 5.12. The van der Waals surface area contributed by atoms with Crippen molar-refractivity contribution >= 4 is 39.0 Å². The molecule has 0 radical (unpaired) electrons. The number of aliphatic hydroxyl groups is 1. The van der Waals surface area contributed by atoms with Gasteiger partial charge in [-0.2, -0.15) is 0 Å². The number of ether oxygens (including phenoxy) is 1. The SMILES string of the molecule is CCOC(=O)/C=C/[C@@]1(O)CC2CCC1[C@@H]2S(=O)(=O)c1cc(C(=O)Nc2cc(F)c(F)c(F)c2)ccc1Cl. The lowest BCUT2D eigenvalue weighted by molar-refractivity contribution is -0.137. The standard InChI is InChI=1S/C25H23ClF3NO6S/c1-2-36-21(31)7-8-25(33)12-14-3-5-16(25)23(14)37(34,35)20-9-13(4-6-17(20)26)24(32)30-15-10-18(27)22(29)19(28)11-15/h4,6-11,14,16,23,33H,2-3,5,12H2,1H3,(H,30,32)/b8-7+/t14?,16?,23-,25-/m1/s1. The van der Waals surface area contributed by atoms with Crippen molar-refractivity contribution < 1.29 is 41.0 Å². The summed E-state index contributed by atoms with van der Waals surface area (Å²) in [6, 6.07) is 4.66. The summed E-state index contributed by atoms with van der Waals surface area (Å²) in [7, 11) is -4.16. The van der Waals surface area contributed by atoms with E-state index in [0.717, 1.165) is 12.1 Å². The lowest BCUT2D eigenvalue weighted by Crippen LogP contribution is -2.37. The minimum Gasteiger partial charge on any atom is -0.463 e. The molecular weight excluding hydrogens is 535 g/mol. The number of nitrogens with one attached hydrogen (secondary N) is 1. The fourth-order valence-corrected chi connectivity index (χ4v) is 8.19. The Bertz CT molecular complexity index is 1380. The van der Waals surface area contributed by atoms with Gasteiger partial charge in [0.1, 0.15) is 0 Å². The summed E-state index contributed by atoms with van der Waals surface area (Å²) in [4.78, 5) is 24.1. The molecule has 0 aliphatic heterocycles. The number of fused-ring (bicyclic) bond motifs is 2. The van der Waals surface area contributed by atoms with Crippen LogP contribution < -0.4 is 5.32 Å². The Labute approximate surface area is 216 Å². The Morgan fingerprint density at radius 3 is 2.51 bits per heavy atom. The molecule has 7 nitrogen and oxygen atoms in total. The molecule has 0 heterocycles.